The average Bonchev–Trinajstić information content (AvgIpc) is 2.44. The molecule has 2 rings (SSSR count). The van der Waals surface area contributed by atoms with Crippen molar-refractivity contribution in [3.05, 3.63) is 23.8 Å². The molecule has 0 amide bonds. The van der Waals surface area contributed by atoms with E-state index in [1.54, 1.807) is 0 Å². The maximum atomic E-state index is 6.12. The van der Waals surface area contributed by atoms with E-state index >= 15 is 0 Å². The van der Waals surface area contributed by atoms with Crippen molar-refractivity contribution in [2.24, 2.45) is 5.73 Å². The maximum Gasteiger partial charge on any atom is 0.164 e. The lowest BCUT2D eigenvalue weighted by Crippen LogP contribution is -2.28. The van der Waals surface area contributed by atoms with Crippen molar-refractivity contribution >= 4 is 0 Å². The van der Waals surface area contributed by atoms with E-state index in [-0.39, 0.29) is 6.10 Å². The highest BCUT2D eigenvalue weighted by Crippen LogP contribution is 2.33. The monoisotopic (exact) mass is 265 g/mol. The lowest BCUT2D eigenvalue weighted by Gasteiger charge is -2.25. The van der Waals surface area contributed by atoms with Gasteiger partial charge in [-0.05, 0) is 44.4 Å². The minimum atomic E-state index is 0.117. The summed E-state index contributed by atoms with van der Waals surface area (Å²) in [5.74, 6) is 1.64. The third-order valence-corrected chi connectivity index (χ3v) is 3.18. The molecule has 19 heavy (non-hydrogen) atoms. The Morgan fingerprint density at radius 2 is 2.32 bits per heavy atom. The van der Waals surface area contributed by atoms with Gasteiger partial charge in [-0.2, -0.15) is 0 Å². The molecule has 1 aliphatic rings. The van der Waals surface area contributed by atoms with Gasteiger partial charge < -0.3 is 19.9 Å². The number of benzene rings is 1. The smallest absolute Gasteiger partial charge is 0.164 e. The summed E-state index contributed by atoms with van der Waals surface area (Å²) in [7, 11) is 0. The van der Waals surface area contributed by atoms with Gasteiger partial charge in [-0.25, -0.2) is 0 Å². The highest BCUT2D eigenvalue weighted by atomic mass is 16.6. The molecule has 4 heteroatoms. The van der Waals surface area contributed by atoms with E-state index in [4.69, 9.17) is 19.9 Å². The molecule has 4 nitrogen and oxygen atoms in total. The van der Waals surface area contributed by atoms with Crippen LogP contribution in [-0.2, 0) is 11.2 Å². The predicted octanol–water partition coefficient (Wildman–Crippen LogP) is 2.14. The zero-order valence-corrected chi connectivity index (χ0v) is 11.6. The molecule has 1 atom stereocenters. The van der Waals surface area contributed by atoms with Crippen molar-refractivity contribution in [1.82, 2.24) is 0 Å². The fraction of sp³-hybridized carbons (Fsp3) is 0.600. The van der Waals surface area contributed by atoms with E-state index in [1.807, 2.05) is 25.1 Å². The molecule has 0 spiro atoms. The Morgan fingerprint density at radius 3 is 3.00 bits per heavy atom. The predicted molar refractivity (Wildman–Crippen MR) is 74.8 cm³/mol. The molecule has 0 bridgehead atoms. The normalized spacial score (nSPS) is 19.2. The van der Waals surface area contributed by atoms with E-state index < -0.39 is 0 Å². The minimum absolute atomic E-state index is 0.117. The standard InChI is InChI=1S/C15H23NO3/c1-2-18-14-7-3-5-12(8-9-16)15(14)19-13-6-4-10-17-11-13/h3,5,7,13H,2,4,6,8-11,16H2,1H3. The highest BCUT2D eigenvalue weighted by Gasteiger charge is 2.19. The van der Waals surface area contributed by atoms with Crippen LogP contribution in [0.15, 0.2) is 18.2 Å². The summed E-state index contributed by atoms with van der Waals surface area (Å²) >= 11 is 0. The fourth-order valence-corrected chi connectivity index (χ4v) is 2.29. The van der Waals surface area contributed by atoms with Gasteiger partial charge in [0.1, 0.15) is 6.10 Å². The van der Waals surface area contributed by atoms with Crippen molar-refractivity contribution in [1.29, 1.82) is 0 Å². The van der Waals surface area contributed by atoms with E-state index in [0.717, 1.165) is 42.9 Å². The van der Waals surface area contributed by atoms with E-state index in [9.17, 15) is 0 Å². The molecule has 0 aromatic heterocycles. The van der Waals surface area contributed by atoms with Gasteiger partial charge in [0.2, 0.25) is 0 Å². The third-order valence-electron chi connectivity index (χ3n) is 3.18. The quantitative estimate of drug-likeness (QED) is 0.856. The Bertz CT molecular complexity index is 365. The molecule has 2 N–H and O–H groups in total. The lowest BCUT2D eigenvalue weighted by atomic mass is 10.1. The Balaban J connectivity index is 2.17. The van der Waals surface area contributed by atoms with Crippen LogP contribution in [0.4, 0.5) is 0 Å². The van der Waals surface area contributed by atoms with Crippen molar-refractivity contribution in [3.8, 4) is 11.5 Å². The summed E-state index contributed by atoms with van der Waals surface area (Å²) in [6, 6.07) is 5.98. The van der Waals surface area contributed by atoms with Crippen LogP contribution in [0.3, 0.4) is 0 Å². The van der Waals surface area contributed by atoms with Crippen LogP contribution in [-0.4, -0.2) is 32.5 Å². The molecular formula is C15H23NO3. The molecule has 106 valence electrons. The average molecular weight is 265 g/mol. The Labute approximate surface area is 114 Å². The summed E-state index contributed by atoms with van der Waals surface area (Å²) < 4.78 is 17.2. The second-order valence-corrected chi connectivity index (χ2v) is 4.67. The molecule has 1 saturated heterocycles. The first-order valence-electron chi connectivity index (χ1n) is 7.04. The first-order chi connectivity index (χ1) is 9.35. The molecule has 0 aliphatic carbocycles. The van der Waals surface area contributed by atoms with Crippen LogP contribution in [0.2, 0.25) is 0 Å². The van der Waals surface area contributed by atoms with Crippen molar-refractivity contribution < 1.29 is 14.2 Å². The molecular weight excluding hydrogens is 242 g/mol. The summed E-state index contributed by atoms with van der Waals surface area (Å²) in [4.78, 5) is 0. The first-order valence-corrected chi connectivity index (χ1v) is 7.04. The molecule has 1 aromatic carbocycles. The van der Waals surface area contributed by atoms with Crippen LogP contribution < -0.4 is 15.2 Å². The van der Waals surface area contributed by atoms with Gasteiger partial charge in [0.15, 0.2) is 11.5 Å². The Kier molecular flexibility index (Phi) is 5.48. The zero-order chi connectivity index (χ0) is 13.5. The highest BCUT2D eigenvalue weighted by molar-refractivity contribution is 5.47. The summed E-state index contributed by atoms with van der Waals surface area (Å²) in [6.45, 7) is 4.70. The molecule has 1 aromatic rings. The summed E-state index contributed by atoms with van der Waals surface area (Å²) in [6.07, 6.45) is 2.99. The number of para-hydroxylation sites is 1. The van der Waals surface area contributed by atoms with Crippen molar-refractivity contribution in [2.45, 2.75) is 32.3 Å². The first kappa shape index (κ1) is 14.2. The summed E-state index contributed by atoms with van der Waals surface area (Å²) in [5, 5.41) is 0. The van der Waals surface area contributed by atoms with Crippen LogP contribution >= 0.6 is 0 Å². The largest absolute Gasteiger partial charge is 0.490 e. The molecule has 1 fully saturated rings. The van der Waals surface area contributed by atoms with Gasteiger partial charge in [0.05, 0.1) is 13.2 Å². The molecule has 1 unspecified atom stereocenters. The van der Waals surface area contributed by atoms with E-state index in [2.05, 4.69) is 0 Å². The van der Waals surface area contributed by atoms with Crippen molar-refractivity contribution in [2.75, 3.05) is 26.4 Å². The minimum Gasteiger partial charge on any atom is -0.490 e. The summed E-state index contributed by atoms with van der Waals surface area (Å²) in [5.41, 5.74) is 6.78. The molecule has 0 radical (unpaired) electrons. The second-order valence-electron chi connectivity index (χ2n) is 4.67. The van der Waals surface area contributed by atoms with Gasteiger partial charge in [-0.1, -0.05) is 12.1 Å². The van der Waals surface area contributed by atoms with E-state index in [0.29, 0.717) is 19.8 Å². The zero-order valence-electron chi connectivity index (χ0n) is 11.6. The second kappa shape index (κ2) is 7.36. The van der Waals surface area contributed by atoms with Crippen molar-refractivity contribution in [3.63, 3.8) is 0 Å². The Hall–Kier alpha value is -1.26. The van der Waals surface area contributed by atoms with Gasteiger partial charge in [-0.3, -0.25) is 0 Å². The lowest BCUT2D eigenvalue weighted by molar-refractivity contribution is 0.00585. The number of hydrogen-bond acceptors (Lipinski definition) is 4. The van der Waals surface area contributed by atoms with E-state index in [1.165, 1.54) is 0 Å². The third kappa shape index (κ3) is 3.85. The molecule has 0 saturated carbocycles. The van der Waals surface area contributed by atoms with Crippen LogP contribution in [0.1, 0.15) is 25.3 Å². The fourth-order valence-electron chi connectivity index (χ4n) is 2.29. The van der Waals surface area contributed by atoms with Crippen LogP contribution in [0, 0.1) is 0 Å². The topological polar surface area (TPSA) is 53.7 Å². The van der Waals surface area contributed by atoms with Crippen LogP contribution in [0.5, 0.6) is 11.5 Å². The molecule has 1 aliphatic heterocycles. The number of nitrogens with two attached hydrogens (primary N) is 1. The SMILES string of the molecule is CCOc1cccc(CCN)c1OC1CCCOC1. The Morgan fingerprint density at radius 1 is 1.42 bits per heavy atom. The molecule has 1 heterocycles. The van der Waals surface area contributed by atoms with Gasteiger partial charge >= 0.3 is 0 Å². The maximum absolute atomic E-state index is 6.12. The number of rotatable bonds is 6. The number of hydrogen-bond donors (Lipinski definition) is 1. The van der Waals surface area contributed by atoms with Crippen LogP contribution in [0.25, 0.3) is 0 Å². The van der Waals surface area contributed by atoms with Gasteiger partial charge in [-0.15, -0.1) is 0 Å². The van der Waals surface area contributed by atoms with Gasteiger partial charge in [0, 0.05) is 6.61 Å². The van der Waals surface area contributed by atoms with Gasteiger partial charge in [0.25, 0.3) is 0 Å². The number of ether oxygens (including phenoxy) is 3.